The molecule has 0 amide bonds. The van der Waals surface area contributed by atoms with Crippen LogP contribution in [0.4, 0.5) is 0 Å². The molecule has 0 unspecified atom stereocenters. The van der Waals surface area contributed by atoms with Crippen molar-refractivity contribution < 1.29 is 4.74 Å². The van der Waals surface area contributed by atoms with E-state index in [1.54, 1.807) is 7.11 Å². The number of allylic oxidation sites excluding steroid dienone is 2. The molecular formula is C15H28N2O. The predicted octanol–water partition coefficient (Wildman–Crippen LogP) is 2.74. The molecule has 0 aromatic rings. The lowest BCUT2D eigenvalue weighted by atomic mass is 10.2. The average molecular weight is 252 g/mol. The van der Waals surface area contributed by atoms with Crippen molar-refractivity contribution in [1.29, 1.82) is 0 Å². The molecule has 0 aliphatic carbocycles. The van der Waals surface area contributed by atoms with Gasteiger partial charge in [-0.2, -0.15) is 0 Å². The van der Waals surface area contributed by atoms with Gasteiger partial charge < -0.3 is 14.5 Å². The molecule has 0 heterocycles. The summed E-state index contributed by atoms with van der Waals surface area (Å²) < 4.78 is 5.04. The first-order chi connectivity index (χ1) is 8.38. The van der Waals surface area contributed by atoms with E-state index < -0.39 is 0 Å². The van der Waals surface area contributed by atoms with Gasteiger partial charge in [0.05, 0.1) is 6.61 Å². The van der Waals surface area contributed by atoms with Crippen LogP contribution < -0.4 is 0 Å². The van der Waals surface area contributed by atoms with Crippen molar-refractivity contribution in [2.75, 3.05) is 40.9 Å². The number of ether oxygens (including phenoxy) is 1. The van der Waals surface area contributed by atoms with Crippen molar-refractivity contribution >= 4 is 0 Å². The summed E-state index contributed by atoms with van der Waals surface area (Å²) in [6.07, 6.45) is 4.00. The first kappa shape index (κ1) is 16.8. The lowest BCUT2D eigenvalue weighted by molar-refractivity contribution is 0.175. The summed E-state index contributed by atoms with van der Waals surface area (Å²) in [5.74, 6) is 0.632. The SMILES string of the molecule is C=C(C=CC(=C)N(C)CC(C)C)N(C)CCOC. The van der Waals surface area contributed by atoms with E-state index in [0.29, 0.717) is 12.5 Å². The Hall–Kier alpha value is -1.22. The van der Waals surface area contributed by atoms with Gasteiger partial charge in [0.25, 0.3) is 0 Å². The zero-order valence-electron chi connectivity index (χ0n) is 12.6. The van der Waals surface area contributed by atoms with Crippen LogP contribution in [0.5, 0.6) is 0 Å². The number of methoxy groups -OCH3 is 1. The van der Waals surface area contributed by atoms with Gasteiger partial charge in [-0.1, -0.05) is 27.0 Å². The Bertz CT molecular complexity index is 295. The smallest absolute Gasteiger partial charge is 0.0637 e. The normalized spacial score (nSPS) is 11.0. The van der Waals surface area contributed by atoms with Crippen LogP contribution in [0.3, 0.4) is 0 Å². The van der Waals surface area contributed by atoms with Gasteiger partial charge in [-0.15, -0.1) is 0 Å². The number of likely N-dealkylation sites (N-methyl/N-ethyl adjacent to an activating group) is 2. The van der Waals surface area contributed by atoms with Gasteiger partial charge in [-0.05, 0) is 18.1 Å². The average Bonchev–Trinajstić information content (AvgIpc) is 2.31. The van der Waals surface area contributed by atoms with Crippen LogP contribution in [0.1, 0.15) is 13.8 Å². The van der Waals surface area contributed by atoms with Crippen LogP contribution >= 0.6 is 0 Å². The highest BCUT2D eigenvalue weighted by molar-refractivity contribution is 5.22. The first-order valence-corrected chi connectivity index (χ1v) is 6.35. The van der Waals surface area contributed by atoms with Crippen LogP contribution in [0.15, 0.2) is 36.7 Å². The second kappa shape index (κ2) is 8.81. The number of hydrogen-bond donors (Lipinski definition) is 0. The number of rotatable bonds is 9. The highest BCUT2D eigenvalue weighted by Gasteiger charge is 2.02. The summed E-state index contributed by atoms with van der Waals surface area (Å²) in [5, 5.41) is 0. The molecule has 0 rings (SSSR count). The molecular weight excluding hydrogens is 224 g/mol. The van der Waals surface area contributed by atoms with Gasteiger partial charge >= 0.3 is 0 Å². The van der Waals surface area contributed by atoms with Crippen LogP contribution in [0.2, 0.25) is 0 Å². The minimum Gasteiger partial charge on any atom is -0.383 e. The van der Waals surface area contributed by atoms with Crippen molar-refractivity contribution in [2.45, 2.75) is 13.8 Å². The van der Waals surface area contributed by atoms with Gasteiger partial charge in [-0.25, -0.2) is 0 Å². The molecule has 0 aliphatic rings. The molecule has 0 aromatic heterocycles. The molecule has 0 bridgehead atoms. The quantitative estimate of drug-likeness (QED) is 0.587. The second-order valence-electron chi connectivity index (χ2n) is 5.00. The summed E-state index contributed by atoms with van der Waals surface area (Å²) in [6.45, 7) is 15.0. The number of nitrogens with zero attached hydrogens (tertiary/aromatic N) is 2. The van der Waals surface area contributed by atoms with E-state index in [-0.39, 0.29) is 0 Å². The highest BCUT2D eigenvalue weighted by Crippen LogP contribution is 2.07. The Kier molecular flexibility index (Phi) is 8.21. The third kappa shape index (κ3) is 7.17. The summed E-state index contributed by atoms with van der Waals surface area (Å²) >= 11 is 0. The minimum atomic E-state index is 0.632. The Labute approximate surface area is 112 Å². The molecule has 0 spiro atoms. The fourth-order valence-electron chi connectivity index (χ4n) is 1.48. The Morgan fingerprint density at radius 2 is 1.61 bits per heavy atom. The summed E-state index contributed by atoms with van der Waals surface area (Å²) in [6, 6.07) is 0. The van der Waals surface area contributed by atoms with Gasteiger partial charge in [0.15, 0.2) is 0 Å². The van der Waals surface area contributed by atoms with Gasteiger partial charge in [0, 0.05) is 45.7 Å². The van der Waals surface area contributed by atoms with Crippen LogP contribution in [-0.4, -0.2) is 50.7 Å². The largest absolute Gasteiger partial charge is 0.383 e. The Morgan fingerprint density at radius 3 is 2.06 bits per heavy atom. The fourth-order valence-corrected chi connectivity index (χ4v) is 1.48. The highest BCUT2D eigenvalue weighted by atomic mass is 16.5. The topological polar surface area (TPSA) is 15.7 Å². The van der Waals surface area contributed by atoms with E-state index in [0.717, 1.165) is 24.5 Å². The van der Waals surface area contributed by atoms with Crippen molar-refractivity contribution in [1.82, 2.24) is 9.80 Å². The van der Waals surface area contributed by atoms with Crippen molar-refractivity contribution in [3.63, 3.8) is 0 Å². The predicted molar refractivity (Wildman–Crippen MR) is 79.4 cm³/mol. The van der Waals surface area contributed by atoms with Crippen molar-refractivity contribution in [3.8, 4) is 0 Å². The second-order valence-corrected chi connectivity index (χ2v) is 5.00. The van der Waals surface area contributed by atoms with Crippen molar-refractivity contribution in [2.24, 2.45) is 5.92 Å². The summed E-state index contributed by atoms with van der Waals surface area (Å²) in [5.41, 5.74) is 1.97. The molecule has 0 atom stereocenters. The third-order valence-corrected chi connectivity index (χ3v) is 2.72. The summed E-state index contributed by atoms with van der Waals surface area (Å²) in [4.78, 5) is 4.22. The molecule has 0 saturated carbocycles. The molecule has 3 heteroatoms. The standard InChI is InChI=1S/C15H28N2O/c1-13(2)12-17(6)15(4)9-8-14(3)16(5)10-11-18-7/h8-9,13H,3-4,10-12H2,1-2,5-7H3. The zero-order chi connectivity index (χ0) is 14.1. The molecule has 0 N–H and O–H groups in total. The molecule has 0 fully saturated rings. The maximum Gasteiger partial charge on any atom is 0.0637 e. The molecule has 0 aromatic carbocycles. The maximum atomic E-state index is 5.04. The Balaban J connectivity index is 4.20. The molecule has 18 heavy (non-hydrogen) atoms. The number of hydrogen-bond acceptors (Lipinski definition) is 3. The summed E-state index contributed by atoms with van der Waals surface area (Å²) in [7, 11) is 5.77. The van der Waals surface area contributed by atoms with E-state index in [9.17, 15) is 0 Å². The molecule has 0 saturated heterocycles. The van der Waals surface area contributed by atoms with E-state index in [4.69, 9.17) is 4.74 Å². The van der Waals surface area contributed by atoms with E-state index >= 15 is 0 Å². The van der Waals surface area contributed by atoms with Gasteiger partial charge in [0.1, 0.15) is 0 Å². The molecule has 0 aliphatic heterocycles. The first-order valence-electron chi connectivity index (χ1n) is 6.35. The lowest BCUT2D eigenvalue weighted by Gasteiger charge is -2.22. The molecule has 104 valence electrons. The van der Waals surface area contributed by atoms with Gasteiger partial charge in [-0.3, -0.25) is 0 Å². The van der Waals surface area contributed by atoms with E-state index in [2.05, 4.69) is 43.9 Å². The minimum absolute atomic E-state index is 0.632. The Morgan fingerprint density at radius 1 is 1.11 bits per heavy atom. The molecule has 3 nitrogen and oxygen atoms in total. The zero-order valence-corrected chi connectivity index (χ0v) is 12.6. The third-order valence-electron chi connectivity index (χ3n) is 2.72. The monoisotopic (exact) mass is 252 g/mol. The van der Waals surface area contributed by atoms with Crippen LogP contribution in [0, 0.1) is 5.92 Å². The van der Waals surface area contributed by atoms with Crippen LogP contribution in [0.25, 0.3) is 0 Å². The van der Waals surface area contributed by atoms with Gasteiger partial charge in [0.2, 0.25) is 0 Å². The van der Waals surface area contributed by atoms with E-state index in [1.807, 2.05) is 19.2 Å². The fraction of sp³-hybridized carbons (Fsp3) is 0.600. The van der Waals surface area contributed by atoms with Crippen LogP contribution in [-0.2, 0) is 4.74 Å². The lowest BCUT2D eigenvalue weighted by Crippen LogP contribution is -2.22. The maximum absolute atomic E-state index is 5.04. The van der Waals surface area contributed by atoms with E-state index in [1.165, 1.54) is 0 Å². The van der Waals surface area contributed by atoms with Crippen molar-refractivity contribution in [3.05, 3.63) is 36.7 Å². The molecule has 0 radical (unpaired) electrons.